The van der Waals surface area contributed by atoms with Gasteiger partial charge >= 0.3 is 0 Å². The predicted octanol–water partition coefficient (Wildman–Crippen LogP) is 4.52. The van der Waals surface area contributed by atoms with Gasteiger partial charge in [-0.15, -0.1) is 5.06 Å². The number of hydrogen-bond donors (Lipinski definition) is 2. The van der Waals surface area contributed by atoms with Gasteiger partial charge in [-0.2, -0.15) is 0 Å². The second-order valence-corrected chi connectivity index (χ2v) is 7.62. The van der Waals surface area contributed by atoms with Crippen molar-refractivity contribution in [3.8, 4) is 0 Å². The number of carbonyl (C=O) groups is 5. The number of aliphatic hydroxyl groups is 1. The standard InChI is InChI=1S/C11H19NO2.C7H9NO3.C5H12O.C2H6.CH3NO.CH4/c1-3-5-6-7-9-12(10-13)11(14)8-4-2;1-5(2)11-8-6(9)3-4-7(8)10;1-5(2)3-4-6;1-2;2-1-3;/h4,8,10H,3,5-7,9H2,1-2H3;1,3-4H2,2H3;5-6H,3-4H2,1-2H3;1-2H3;1H,(H2,2,3);1H4/b8-4-;;;;;. The van der Waals surface area contributed by atoms with Crippen LogP contribution in [0.1, 0.15) is 101 Å². The quantitative estimate of drug-likeness (QED) is 0.131. The molecule has 0 aromatic heterocycles. The van der Waals surface area contributed by atoms with E-state index in [1.807, 2.05) is 13.8 Å². The van der Waals surface area contributed by atoms with Gasteiger partial charge in [0, 0.05) is 26.0 Å². The van der Waals surface area contributed by atoms with Crippen molar-refractivity contribution in [2.24, 2.45) is 11.7 Å². The van der Waals surface area contributed by atoms with Crippen LogP contribution in [0.5, 0.6) is 0 Å². The molecule has 0 saturated carbocycles. The highest BCUT2D eigenvalue weighted by Crippen LogP contribution is 2.13. The number of hydrogen-bond acceptors (Lipinski definition) is 7. The molecule has 1 heterocycles. The summed E-state index contributed by atoms with van der Waals surface area (Å²) in [5.74, 6) is 0.179. The van der Waals surface area contributed by atoms with Crippen LogP contribution < -0.4 is 5.73 Å². The van der Waals surface area contributed by atoms with Gasteiger partial charge in [-0.3, -0.25) is 28.9 Å². The van der Waals surface area contributed by atoms with Crippen LogP contribution in [0.15, 0.2) is 24.5 Å². The zero-order chi connectivity index (χ0) is 28.9. The van der Waals surface area contributed by atoms with Gasteiger partial charge < -0.3 is 15.7 Å². The minimum Gasteiger partial charge on any atom is -0.396 e. The first kappa shape index (κ1) is 44.0. The van der Waals surface area contributed by atoms with Gasteiger partial charge in [0.1, 0.15) is 5.76 Å². The highest BCUT2D eigenvalue weighted by atomic mass is 16.7. The Labute approximate surface area is 224 Å². The predicted molar refractivity (Wildman–Crippen MR) is 149 cm³/mol. The number of carbonyl (C=O) groups excluding carboxylic acids is 5. The third kappa shape index (κ3) is 31.0. The van der Waals surface area contributed by atoms with E-state index in [-0.39, 0.29) is 44.4 Å². The van der Waals surface area contributed by atoms with Crippen LogP contribution in [0.4, 0.5) is 0 Å². The molecule has 218 valence electrons. The molecule has 0 spiro atoms. The number of nitrogens with two attached hydrogens (primary N) is 1. The third-order valence-corrected chi connectivity index (χ3v) is 3.93. The summed E-state index contributed by atoms with van der Waals surface area (Å²) in [6.07, 6.45) is 9.61. The van der Waals surface area contributed by atoms with Crippen LogP contribution in [-0.4, -0.2) is 58.8 Å². The van der Waals surface area contributed by atoms with Crippen LogP contribution in [0.25, 0.3) is 0 Å². The lowest BCUT2D eigenvalue weighted by atomic mass is 10.2. The van der Waals surface area contributed by atoms with Gasteiger partial charge in [0.05, 0.1) is 0 Å². The van der Waals surface area contributed by atoms with Crippen molar-refractivity contribution in [2.45, 2.75) is 101 Å². The average Bonchev–Trinajstić information content (AvgIpc) is 3.13. The first-order valence-electron chi connectivity index (χ1n) is 12.4. The van der Waals surface area contributed by atoms with Crippen LogP contribution in [-0.2, 0) is 28.8 Å². The van der Waals surface area contributed by atoms with Crippen molar-refractivity contribution >= 4 is 30.5 Å². The SMILES string of the molecule is C.C/C=C\C(=O)N(C=O)CCCCCC.C=C(C)ON1C(=O)CCC1=O.CC.CC(C)CCO.NC=O. The highest BCUT2D eigenvalue weighted by molar-refractivity contribution is 6.00. The zero-order valence-corrected chi connectivity index (χ0v) is 23.3. The van der Waals surface area contributed by atoms with Gasteiger partial charge in [0.15, 0.2) is 0 Å². The number of nitrogens with zero attached hydrogens (tertiary/aromatic N) is 2. The molecule has 0 bridgehead atoms. The molecule has 5 amide bonds. The smallest absolute Gasteiger partial charge is 0.263 e. The van der Waals surface area contributed by atoms with Crippen LogP contribution in [0.2, 0.25) is 0 Å². The van der Waals surface area contributed by atoms with Crippen molar-refractivity contribution in [1.29, 1.82) is 0 Å². The monoisotopic (exact) mass is 531 g/mol. The lowest BCUT2D eigenvalue weighted by Crippen LogP contribution is -2.28. The van der Waals surface area contributed by atoms with E-state index in [1.54, 1.807) is 19.9 Å². The van der Waals surface area contributed by atoms with Gasteiger partial charge in [0.25, 0.3) is 17.7 Å². The molecule has 10 heteroatoms. The van der Waals surface area contributed by atoms with Crippen molar-refractivity contribution < 1.29 is 33.9 Å². The Balaban J connectivity index is -0.000000132. The maximum absolute atomic E-state index is 11.2. The molecule has 1 fully saturated rings. The van der Waals surface area contributed by atoms with Gasteiger partial charge in [-0.05, 0) is 38.7 Å². The molecule has 37 heavy (non-hydrogen) atoms. The Hall–Kier alpha value is -3.01. The number of hydroxylamine groups is 2. The number of amides is 5. The molecule has 3 N–H and O–H groups in total. The lowest BCUT2D eigenvalue weighted by Gasteiger charge is -2.12. The van der Waals surface area contributed by atoms with Crippen LogP contribution in [0.3, 0.4) is 0 Å². The Morgan fingerprint density at radius 2 is 1.65 bits per heavy atom. The van der Waals surface area contributed by atoms with E-state index in [0.717, 1.165) is 37.2 Å². The summed E-state index contributed by atoms with van der Waals surface area (Å²) in [6.45, 7) is 17.9. The molecule has 0 aliphatic carbocycles. The molecule has 0 radical (unpaired) electrons. The summed E-state index contributed by atoms with van der Waals surface area (Å²) in [4.78, 5) is 58.1. The van der Waals surface area contributed by atoms with E-state index in [9.17, 15) is 19.2 Å². The molecule has 1 aliphatic heterocycles. The third-order valence-electron chi connectivity index (χ3n) is 3.93. The lowest BCUT2D eigenvalue weighted by molar-refractivity contribution is -0.176. The largest absolute Gasteiger partial charge is 0.396 e. The van der Waals surface area contributed by atoms with Crippen LogP contribution >= 0.6 is 0 Å². The fraction of sp³-hybridized carbons (Fsp3) is 0.667. The molecule has 1 aliphatic rings. The molecular weight excluding hydrogens is 478 g/mol. The second-order valence-electron chi connectivity index (χ2n) is 7.62. The molecular formula is C27H53N3O7. The van der Waals surface area contributed by atoms with E-state index in [1.165, 1.54) is 11.0 Å². The molecule has 0 unspecified atom stereocenters. The van der Waals surface area contributed by atoms with Crippen LogP contribution in [0, 0.1) is 5.92 Å². The van der Waals surface area contributed by atoms with E-state index < -0.39 is 0 Å². The fourth-order valence-electron chi connectivity index (χ4n) is 2.23. The summed E-state index contributed by atoms with van der Waals surface area (Å²) >= 11 is 0. The first-order chi connectivity index (χ1) is 17.1. The summed E-state index contributed by atoms with van der Waals surface area (Å²) in [6, 6.07) is 0. The number of unbranched alkanes of at least 4 members (excludes halogenated alkanes) is 3. The topological polar surface area (TPSA) is 147 Å². The first-order valence-corrected chi connectivity index (χ1v) is 12.4. The maximum Gasteiger partial charge on any atom is 0.263 e. The Bertz CT molecular complexity index is 619. The number of allylic oxidation sites excluding steroid dienone is 2. The summed E-state index contributed by atoms with van der Waals surface area (Å²) in [5.41, 5.74) is 4.17. The van der Waals surface area contributed by atoms with Crippen molar-refractivity contribution in [1.82, 2.24) is 9.96 Å². The number of primary amides is 1. The van der Waals surface area contributed by atoms with E-state index in [4.69, 9.17) is 14.7 Å². The van der Waals surface area contributed by atoms with Crippen molar-refractivity contribution in [2.75, 3.05) is 13.2 Å². The molecule has 10 nitrogen and oxygen atoms in total. The summed E-state index contributed by atoms with van der Waals surface area (Å²) < 4.78 is 0. The van der Waals surface area contributed by atoms with E-state index in [2.05, 4.69) is 33.1 Å². The molecule has 0 aromatic carbocycles. The zero-order valence-electron chi connectivity index (χ0n) is 23.3. The highest BCUT2D eigenvalue weighted by Gasteiger charge is 2.30. The molecule has 1 rings (SSSR count). The Morgan fingerprint density at radius 3 is 1.95 bits per heavy atom. The number of rotatable bonds is 11. The van der Waals surface area contributed by atoms with E-state index >= 15 is 0 Å². The molecule has 1 saturated heterocycles. The van der Waals surface area contributed by atoms with E-state index in [0.29, 0.717) is 31.2 Å². The van der Waals surface area contributed by atoms with Gasteiger partial charge in [-0.1, -0.05) is 74.0 Å². The van der Waals surface area contributed by atoms with Gasteiger partial charge in [0.2, 0.25) is 12.8 Å². The summed E-state index contributed by atoms with van der Waals surface area (Å²) in [5, 5.41) is 9.00. The minimum atomic E-state index is -0.294. The number of aliphatic hydroxyl groups excluding tert-OH is 1. The van der Waals surface area contributed by atoms with Crippen molar-refractivity contribution in [3.05, 3.63) is 24.5 Å². The van der Waals surface area contributed by atoms with Crippen molar-refractivity contribution in [3.63, 3.8) is 0 Å². The second kappa shape index (κ2) is 33.0. The maximum atomic E-state index is 11.2. The minimum absolute atomic E-state index is 0. The molecule has 0 atom stereocenters. The normalized spacial score (nSPS) is 11.2. The average molecular weight is 532 g/mol. The van der Waals surface area contributed by atoms with Gasteiger partial charge in [-0.25, -0.2) is 0 Å². The number of imide groups is 2. The Kier molecular flexibility index (Phi) is 39.2. The Morgan fingerprint density at radius 1 is 1.16 bits per heavy atom. The molecule has 0 aromatic rings. The summed E-state index contributed by atoms with van der Waals surface area (Å²) in [7, 11) is 0. The fourth-order valence-corrected chi connectivity index (χ4v) is 2.23.